The lowest BCUT2D eigenvalue weighted by atomic mass is 10.0. The van der Waals surface area contributed by atoms with Crippen LogP contribution < -0.4 is 4.89 Å². The summed E-state index contributed by atoms with van der Waals surface area (Å²) in [5, 5.41) is 0. The molecule has 374 valence electrons. The Bertz CT molecular complexity index is 1380. The summed E-state index contributed by atoms with van der Waals surface area (Å²) in [5.41, 5.74) is 0. The Morgan fingerprint density at radius 2 is 0.877 bits per heavy atom. The van der Waals surface area contributed by atoms with Crippen molar-refractivity contribution in [1.29, 1.82) is 0 Å². The number of allylic oxidation sites excluding steroid dienone is 14. The highest BCUT2D eigenvalue weighted by Crippen LogP contribution is 2.38. The molecule has 2 unspecified atom stereocenters. The lowest BCUT2D eigenvalue weighted by molar-refractivity contribution is -0.870. The number of carbonyl (C=O) groups excluding carboxylic acids is 2. The van der Waals surface area contributed by atoms with E-state index in [9.17, 15) is 19.0 Å². The summed E-state index contributed by atoms with van der Waals surface area (Å²) in [7, 11) is 1.15. The fourth-order valence-corrected chi connectivity index (χ4v) is 7.42. The van der Waals surface area contributed by atoms with Crippen LogP contribution in [0.25, 0.3) is 0 Å². The van der Waals surface area contributed by atoms with Gasteiger partial charge in [-0.05, 0) is 70.6 Å². The Morgan fingerprint density at radius 3 is 1.31 bits per heavy atom. The molecule has 0 aromatic heterocycles. The highest BCUT2D eigenvalue weighted by atomic mass is 31.2. The number of nitrogens with zero attached hydrogens (tertiary/aromatic N) is 1. The van der Waals surface area contributed by atoms with Gasteiger partial charge in [-0.25, -0.2) is 0 Å². The summed E-state index contributed by atoms with van der Waals surface area (Å²) < 4.78 is 34.0. The zero-order valence-corrected chi connectivity index (χ0v) is 43.0. The topological polar surface area (TPSA) is 111 Å². The Kier molecular flexibility index (Phi) is 44.3. The Hall–Kier alpha value is -2.81. The molecule has 0 spiro atoms. The van der Waals surface area contributed by atoms with Gasteiger partial charge >= 0.3 is 11.9 Å². The molecule has 0 saturated heterocycles. The minimum atomic E-state index is -4.63. The smallest absolute Gasteiger partial charge is 0.306 e. The minimum Gasteiger partial charge on any atom is -0.756 e. The zero-order valence-electron chi connectivity index (χ0n) is 42.2. The van der Waals surface area contributed by atoms with Gasteiger partial charge in [0, 0.05) is 12.8 Å². The van der Waals surface area contributed by atoms with E-state index in [0.717, 1.165) is 89.9 Å². The van der Waals surface area contributed by atoms with Gasteiger partial charge in [0.25, 0.3) is 7.82 Å². The molecule has 0 rings (SSSR count). The quantitative estimate of drug-likeness (QED) is 0.0195. The summed E-state index contributed by atoms with van der Waals surface area (Å²) in [6, 6.07) is 0. The van der Waals surface area contributed by atoms with Crippen LogP contribution in [-0.2, 0) is 32.7 Å². The number of phosphoric ester groups is 1. The molecule has 0 aliphatic rings. The number of esters is 2. The number of unbranched alkanes of at least 4 members (excludes halogenated alkanes) is 18. The van der Waals surface area contributed by atoms with Gasteiger partial charge in [-0.2, -0.15) is 0 Å². The number of carbonyl (C=O) groups is 2. The van der Waals surface area contributed by atoms with Crippen LogP contribution in [0.2, 0.25) is 0 Å². The van der Waals surface area contributed by atoms with Gasteiger partial charge in [-0.1, -0.05) is 202 Å². The van der Waals surface area contributed by atoms with Crippen molar-refractivity contribution in [1.82, 2.24) is 0 Å². The molecule has 0 aromatic carbocycles. The number of rotatable bonds is 46. The van der Waals surface area contributed by atoms with Crippen LogP contribution in [0.4, 0.5) is 0 Å². The maximum absolute atomic E-state index is 12.7. The average molecular weight is 930 g/mol. The predicted octanol–water partition coefficient (Wildman–Crippen LogP) is 14.9. The van der Waals surface area contributed by atoms with Gasteiger partial charge in [0.15, 0.2) is 6.10 Å². The second-order valence-electron chi connectivity index (χ2n) is 18.2. The molecule has 0 aromatic rings. The van der Waals surface area contributed by atoms with Gasteiger partial charge < -0.3 is 27.9 Å². The van der Waals surface area contributed by atoms with Crippen LogP contribution in [0.15, 0.2) is 85.1 Å². The van der Waals surface area contributed by atoms with Gasteiger partial charge in [0.1, 0.15) is 19.8 Å². The molecule has 0 amide bonds. The fourth-order valence-electron chi connectivity index (χ4n) is 6.69. The molecule has 65 heavy (non-hydrogen) atoms. The molecule has 9 nitrogen and oxygen atoms in total. The fraction of sp³-hybridized carbons (Fsp3) is 0.709. The first-order valence-electron chi connectivity index (χ1n) is 25.8. The largest absolute Gasteiger partial charge is 0.756 e. The molecular weight excluding hydrogens is 834 g/mol. The van der Waals surface area contributed by atoms with Crippen LogP contribution in [0.5, 0.6) is 0 Å². The first kappa shape index (κ1) is 62.2. The van der Waals surface area contributed by atoms with Crippen molar-refractivity contribution in [2.24, 2.45) is 0 Å². The highest BCUT2D eigenvalue weighted by molar-refractivity contribution is 7.45. The molecule has 0 aliphatic carbocycles. The van der Waals surface area contributed by atoms with E-state index in [2.05, 4.69) is 98.9 Å². The summed E-state index contributed by atoms with van der Waals surface area (Å²) in [4.78, 5) is 37.7. The first-order chi connectivity index (χ1) is 31.5. The standard InChI is InChI=1S/C55H96NO8P/c1-6-8-10-12-14-16-18-20-21-22-23-24-25-26-27-28-29-30-31-32-33-34-35-36-38-40-42-44-46-48-55(58)64-53(52-63-65(59,60)62-50-49-56(3,4)5)51-61-54(57)47-45-43-41-39-37-19-17-15-13-11-9-7-2/h8,10,14,16,20-21,23-24,26-27,29-30,32-33,53H,6-7,9,11-13,15,17-19,22,25,28,31,34-52H2,1-5H3/b10-8-,16-14-,21-20-,24-23-,27-26-,30-29-,33-32-. The van der Waals surface area contributed by atoms with Gasteiger partial charge in [0.05, 0.1) is 27.7 Å². The number of likely N-dealkylation sites (N-methyl/N-ethyl adjacent to an activating group) is 1. The van der Waals surface area contributed by atoms with E-state index in [1.807, 2.05) is 21.1 Å². The van der Waals surface area contributed by atoms with Crippen molar-refractivity contribution in [2.75, 3.05) is 47.5 Å². The molecule has 0 heterocycles. The van der Waals surface area contributed by atoms with Crippen LogP contribution in [0, 0.1) is 0 Å². The highest BCUT2D eigenvalue weighted by Gasteiger charge is 2.21. The maximum atomic E-state index is 12.7. The van der Waals surface area contributed by atoms with Crippen molar-refractivity contribution in [3.8, 4) is 0 Å². The second-order valence-corrected chi connectivity index (χ2v) is 19.6. The van der Waals surface area contributed by atoms with E-state index in [0.29, 0.717) is 17.4 Å². The molecule has 0 N–H and O–H groups in total. The monoisotopic (exact) mass is 930 g/mol. The van der Waals surface area contributed by atoms with E-state index in [1.165, 1.54) is 77.0 Å². The molecule has 2 atom stereocenters. The van der Waals surface area contributed by atoms with Crippen LogP contribution in [0.3, 0.4) is 0 Å². The summed E-state index contributed by atoms with van der Waals surface area (Å²) in [6.07, 6.45) is 60.4. The van der Waals surface area contributed by atoms with Gasteiger partial charge in [-0.3, -0.25) is 14.2 Å². The molecule has 0 bridgehead atoms. The van der Waals surface area contributed by atoms with Gasteiger partial charge in [-0.15, -0.1) is 0 Å². The van der Waals surface area contributed by atoms with Crippen molar-refractivity contribution < 1.29 is 42.1 Å². The third-order valence-corrected chi connectivity index (χ3v) is 11.6. The minimum absolute atomic E-state index is 0.0362. The molecule has 0 saturated carbocycles. The van der Waals surface area contributed by atoms with Crippen molar-refractivity contribution >= 4 is 19.8 Å². The molecule has 0 fully saturated rings. The third kappa shape index (κ3) is 50.4. The van der Waals surface area contributed by atoms with Crippen LogP contribution >= 0.6 is 7.82 Å². The normalized spacial score (nSPS) is 14.1. The number of hydrogen-bond acceptors (Lipinski definition) is 8. The third-order valence-electron chi connectivity index (χ3n) is 10.7. The molecule has 0 radical (unpaired) electrons. The lowest BCUT2D eigenvalue weighted by Crippen LogP contribution is -2.37. The molecule has 10 heteroatoms. The van der Waals surface area contributed by atoms with Crippen LogP contribution in [-0.4, -0.2) is 70.0 Å². The number of quaternary nitrogens is 1. The summed E-state index contributed by atoms with van der Waals surface area (Å²) >= 11 is 0. The first-order valence-corrected chi connectivity index (χ1v) is 27.3. The number of phosphoric acid groups is 1. The van der Waals surface area contributed by atoms with E-state index >= 15 is 0 Å². The van der Waals surface area contributed by atoms with E-state index in [4.69, 9.17) is 18.5 Å². The maximum Gasteiger partial charge on any atom is 0.306 e. The van der Waals surface area contributed by atoms with E-state index in [1.54, 1.807) is 0 Å². The van der Waals surface area contributed by atoms with Crippen LogP contribution in [0.1, 0.15) is 200 Å². The van der Waals surface area contributed by atoms with E-state index in [-0.39, 0.29) is 32.0 Å². The lowest BCUT2D eigenvalue weighted by Gasteiger charge is -2.28. The Labute approximate surface area is 399 Å². The van der Waals surface area contributed by atoms with E-state index < -0.39 is 26.5 Å². The summed E-state index contributed by atoms with van der Waals surface area (Å²) in [5.74, 6) is -0.849. The Balaban J connectivity index is 4.23. The second kappa shape index (κ2) is 46.3. The Morgan fingerprint density at radius 1 is 0.492 bits per heavy atom. The molecular formula is C55H96NO8P. The average Bonchev–Trinajstić information content (AvgIpc) is 3.26. The number of ether oxygens (including phenoxy) is 2. The predicted molar refractivity (Wildman–Crippen MR) is 272 cm³/mol. The van der Waals surface area contributed by atoms with Crippen molar-refractivity contribution in [3.05, 3.63) is 85.1 Å². The van der Waals surface area contributed by atoms with Gasteiger partial charge in [0.2, 0.25) is 0 Å². The van der Waals surface area contributed by atoms with Crippen molar-refractivity contribution in [2.45, 2.75) is 206 Å². The SMILES string of the molecule is CC/C=C\C/C=C\C/C=C\C/C=C\C/C=C\C/C=C\C/C=C\CCCCCCCCCC(=O)OC(COC(=O)CCCCCCCCCCCCCC)COP(=O)([O-])OCC[N+](C)(C)C. The summed E-state index contributed by atoms with van der Waals surface area (Å²) in [6.45, 7) is 4.09. The number of hydrogen-bond donors (Lipinski definition) is 0. The van der Waals surface area contributed by atoms with Crippen molar-refractivity contribution in [3.63, 3.8) is 0 Å². The molecule has 0 aliphatic heterocycles. The zero-order chi connectivity index (χ0) is 47.8.